The van der Waals surface area contributed by atoms with Crippen molar-refractivity contribution >= 4 is 5.97 Å². The zero-order valence-electron chi connectivity index (χ0n) is 14.0. The van der Waals surface area contributed by atoms with E-state index in [-0.39, 0.29) is 0 Å². The second kappa shape index (κ2) is 6.82. The fraction of sp³-hybridized carbons (Fsp3) is 0.632. The molecule has 0 amide bonds. The molecule has 1 unspecified atom stereocenters. The van der Waals surface area contributed by atoms with Crippen LogP contribution in [0.25, 0.3) is 0 Å². The van der Waals surface area contributed by atoms with E-state index in [0.29, 0.717) is 30.1 Å². The predicted octanol–water partition coefficient (Wildman–Crippen LogP) is 2.42. The van der Waals surface area contributed by atoms with Gasteiger partial charge in [0.1, 0.15) is 0 Å². The Balaban J connectivity index is 1.43. The first-order valence-corrected chi connectivity index (χ1v) is 9.14. The molecule has 0 radical (unpaired) electrons. The largest absolute Gasteiger partial charge is 0.478 e. The highest BCUT2D eigenvalue weighted by Gasteiger charge is 2.35. The van der Waals surface area contributed by atoms with Gasteiger partial charge in [-0.25, -0.2) is 4.79 Å². The number of carbonyl (C=O) groups is 1. The molecule has 4 rings (SSSR count). The molecule has 2 fully saturated rings. The van der Waals surface area contributed by atoms with Crippen molar-refractivity contribution in [2.45, 2.75) is 44.3 Å². The molecule has 1 aromatic rings. The van der Waals surface area contributed by atoms with Gasteiger partial charge in [0.15, 0.2) is 0 Å². The number of ether oxygens (including phenoxy) is 1. The summed E-state index contributed by atoms with van der Waals surface area (Å²) in [7, 11) is 0. The lowest BCUT2D eigenvalue weighted by atomic mass is 9.84. The van der Waals surface area contributed by atoms with Crippen LogP contribution in [0.15, 0.2) is 18.2 Å². The molecule has 0 saturated carbocycles. The van der Waals surface area contributed by atoms with Crippen LogP contribution in [-0.2, 0) is 11.3 Å². The van der Waals surface area contributed by atoms with Crippen LogP contribution < -0.4 is 5.32 Å². The van der Waals surface area contributed by atoms with E-state index in [9.17, 15) is 9.90 Å². The molecule has 5 nitrogen and oxygen atoms in total. The average Bonchev–Trinajstić information content (AvgIpc) is 3.06. The zero-order valence-corrected chi connectivity index (χ0v) is 14.0. The van der Waals surface area contributed by atoms with E-state index in [4.69, 9.17) is 4.74 Å². The van der Waals surface area contributed by atoms with E-state index >= 15 is 0 Å². The van der Waals surface area contributed by atoms with Gasteiger partial charge in [0, 0.05) is 31.8 Å². The van der Waals surface area contributed by atoms with E-state index in [1.807, 2.05) is 6.07 Å². The summed E-state index contributed by atoms with van der Waals surface area (Å²) in [5, 5.41) is 13.0. The lowest BCUT2D eigenvalue weighted by Gasteiger charge is -2.40. The van der Waals surface area contributed by atoms with Gasteiger partial charge in [-0.3, -0.25) is 0 Å². The number of hydrogen-bond acceptors (Lipinski definition) is 4. The van der Waals surface area contributed by atoms with Crippen molar-refractivity contribution in [1.29, 1.82) is 0 Å². The molecule has 24 heavy (non-hydrogen) atoms. The Labute approximate surface area is 143 Å². The molecule has 2 N–H and O–H groups in total. The van der Waals surface area contributed by atoms with E-state index in [1.165, 1.54) is 18.4 Å². The van der Waals surface area contributed by atoms with E-state index in [1.54, 1.807) is 6.07 Å². The Bertz CT molecular complexity index is 605. The molecule has 2 saturated heterocycles. The molecule has 1 aromatic carbocycles. The monoisotopic (exact) mass is 330 g/mol. The summed E-state index contributed by atoms with van der Waals surface area (Å²) in [6.07, 6.45) is 4.70. The minimum absolute atomic E-state index is 0.316. The van der Waals surface area contributed by atoms with Crippen LogP contribution in [0.2, 0.25) is 0 Å². The molecular weight excluding hydrogens is 304 g/mol. The Kier molecular flexibility index (Phi) is 4.57. The van der Waals surface area contributed by atoms with E-state index in [2.05, 4.69) is 16.3 Å². The third-order valence-corrected chi connectivity index (χ3v) is 6.03. The van der Waals surface area contributed by atoms with Gasteiger partial charge in [-0.2, -0.15) is 0 Å². The first kappa shape index (κ1) is 16.1. The molecule has 0 spiro atoms. The smallest absolute Gasteiger partial charge is 0.336 e. The van der Waals surface area contributed by atoms with Gasteiger partial charge in [-0.15, -0.1) is 0 Å². The van der Waals surface area contributed by atoms with Crippen molar-refractivity contribution < 1.29 is 14.6 Å². The molecule has 1 atom stereocenters. The van der Waals surface area contributed by atoms with Gasteiger partial charge in [0.05, 0.1) is 5.56 Å². The first-order chi connectivity index (χ1) is 11.7. The average molecular weight is 330 g/mol. The molecule has 0 bridgehead atoms. The predicted molar refractivity (Wildman–Crippen MR) is 91.1 cm³/mol. The minimum atomic E-state index is -0.816. The van der Waals surface area contributed by atoms with Crippen molar-refractivity contribution in [3.63, 3.8) is 0 Å². The Morgan fingerprint density at radius 1 is 1.17 bits per heavy atom. The number of fused-ring (bicyclic) bond motifs is 1. The van der Waals surface area contributed by atoms with Crippen LogP contribution in [0.4, 0.5) is 0 Å². The lowest BCUT2D eigenvalue weighted by Crippen LogP contribution is -2.45. The summed E-state index contributed by atoms with van der Waals surface area (Å²) in [4.78, 5) is 14.1. The highest BCUT2D eigenvalue weighted by atomic mass is 16.5. The third-order valence-electron chi connectivity index (χ3n) is 6.03. The summed E-state index contributed by atoms with van der Waals surface area (Å²) < 4.78 is 5.48. The number of likely N-dealkylation sites (tertiary alicyclic amines) is 1. The van der Waals surface area contributed by atoms with Gasteiger partial charge in [0.25, 0.3) is 0 Å². The van der Waals surface area contributed by atoms with E-state index in [0.717, 1.165) is 44.7 Å². The van der Waals surface area contributed by atoms with Crippen molar-refractivity contribution in [3.05, 3.63) is 34.9 Å². The third kappa shape index (κ3) is 2.96. The fourth-order valence-corrected chi connectivity index (χ4v) is 4.70. The molecule has 130 valence electrons. The SMILES string of the molecule is O=C(O)c1cccc2c1CNC2C1CCN(C2CCOCC2)CC1. The lowest BCUT2D eigenvalue weighted by molar-refractivity contribution is 0.0185. The van der Waals surface area contributed by atoms with Gasteiger partial charge < -0.3 is 20.1 Å². The Morgan fingerprint density at radius 2 is 1.92 bits per heavy atom. The Hall–Kier alpha value is -1.43. The highest BCUT2D eigenvalue weighted by molar-refractivity contribution is 5.90. The van der Waals surface area contributed by atoms with Gasteiger partial charge >= 0.3 is 5.97 Å². The molecule has 0 aliphatic carbocycles. The van der Waals surface area contributed by atoms with Crippen molar-refractivity contribution in [2.75, 3.05) is 26.3 Å². The van der Waals surface area contributed by atoms with Gasteiger partial charge in [0.2, 0.25) is 0 Å². The minimum Gasteiger partial charge on any atom is -0.478 e. The van der Waals surface area contributed by atoms with Crippen molar-refractivity contribution in [2.24, 2.45) is 5.92 Å². The molecule has 3 aliphatic heterocycles. The normalized spacial score (nSPS) is 26.4. The second-order valence-electron chi connectivity index (χ2n) is 7.25. The van der Waals surface area contributed by atoms with Crippen molar-refractivity contribution in [3.8, 4) is 0 Å². The number of nitrogens with one attached hydrogen (secondary N) is 1. The second-order valence-corrected chi connectivity index (χ2v) is 7.25. The van der Waals surface area contributed by atoms with Crippen molar-refractivity contribution in [1.82, 2.24) is 10.2 Å². The number of benzene rings is 1. The zero-order chi connectivity index (χ0) is 16.5. The molecule has 3 heterocycles. The molecular formula is C19H26N2O3. The first-order valence-electron chi connectivity index (χ1n) is 9.14. The van der Waals surface area contributed by atoms with Gasteiger partial charge in [-0.1, -0.05) is 12.1 Å². The number of nitrogens with zero attached hydrogens (tertiary/aromatic N) is 1. The van der Waals surface area contributed by atoms with Crippen LogP contribution in [-0.4, -0.2) is 48.3 Å². The van der Waals surface area contributed by atoms with Crippen LogP contribution in [0.5, 0.6) is 0 Å². The number of rotatable bonds is 3. The summed E-state index contributed by atoms with van der Waals surface area (Å²) in [5.74, 6) is -0.213. The van der Waals surface area contributed by atoms with Gasteiger partial charge in [-0.05, 0) is 61.9 Å². The Morgan fingerprint density at radius 3 is 2.62 bits per heavy atom. The fourth-order valence-electron chi connectivity index (χ4n) is 4.70. The standard InChI is InChI=1S/C19H26N2O3/c22-19(23)16-3-1-2-15-17(16)12-20-18(15)13-4-8-21(9-5-13)14-6-10-24-11-7-14/h1-3,13-14,18,20H,4-12H2,(H,22,23). The maximum atomic E-state index is 11.4. The maximum Gasteiger partial charge on any atom is 0.336 e. The summed E-state index contributed by atoms with van der Waals surface area (Å²) in [6, 6.07) is 6.73. The number of hydrogen-bond donors (Lipinski definition) is 2. The maximum absolute atomic E-state index is 11.4. The quantitative estimate of drug-likeness (QED) is 0.891. The highest BCUT2D eigenvalue weighted by Crippen LogP contribution is 2.38. The summed E-state index contributed by atoms with van der Waals surface area (Å²) in [5.41, 5.74) is 2.66. The topological polar surface area (TPSA) is 61.8 Å². The van der Waals surface area contributed by atoms with E-state index < -0.39 is 5.97 Å². The van der Waals surface area contributed by atoms with Crippen LogP contribution in [0.1, 0.15) is 53.2 Å². The number of piperidine rings is 1. The summed E-state index contributed by atoms with van der Waals surface area (Å²) >= 11 is 0. The van der Waals surface area contributed by atoms with Crippen LogP contribution in [0, 0.1) is 5.92 Å². The summed E-state index contributed by atoms with van der Waals surface area (Å²) in [6.45, 7) is 4.80. The van der Waals surface area contributed by atoms with Crippen LogP contribution >= 0.6 is 0 Å². The molecule has 5 heteroatoms. The molecule has 0 aromatic heterocycles. The number of carboxylic acids is 1. The number of aromatic carboxylic acids is 1. The van der Waals surface area contributed by atoms with Crippen LogP contribution in [0.3, 0.4) is 0 Å². The molecule has 3 aliphatic rings. The number of carboxylic acid groups (broad SMARTS) is 1.